The Hall–Kier alpha value is -2.79. The van der Waals surface area contributed by atoms with Crippen LogP contribution in [0.1, 0.15) is 43.9 Å². The van der Waals surface area contributed by atoms with Gasteiger partial charge in [0, 0.05) is 29.4 Å². The van der Waals surface area contributed by atoms with E-state index in [1.54, 1.807) is 29.7 Å². The van der Waals surface area contributed by atoms with Gasteiger partial charge >= 0.3 is 5.97 Å². The molecule has 10 heteroatoms. The Kier molecular flexibility index (Phi) is 8.09. The van der Waals surface area contributed by atoms with Crippen LogP contribution in [0.25, 0.3) is 17.2 Å². The van der Waals surface area contributed by atoms with E-state index in [2.05, 4.69) is 0 Å². The van der Waals surface area contributed by atoms with Gasteiger partial charge in [0.15, 0.2) is 0 Å². The standard InChI is InChI=1S/C24H26FNO6S2/c1-15(2)24-20(10-9-18(27)12-19(28)13-22(29)30)21(16-5-7-17(25)8-6-16)14-26(24)34(31,32)23-4-3-11-33-23/h3-11,14-15,18-19,27-28H,12-13H2,1-2H3,(H,29,30)/b10-9+/t18-,19-/m1/s1. The van der Waals surface area contributed by atoms with Crippen LogP contribution in [-0.2, 0) is 14.8 Å². The summed E-state index contributed by atoms with van der Waals surface area (Å²) in [7, 11) is -3.90. The molecule has 2 aromatic heterocycles. The second kappa shape index (κ2) is 10.6. The first-order chi connectivity index (χ1) is 16.0. The number of aliphatic carboxylic acids is 1. The van der Waals surface area contributed by atoms with Gasteiger partial charge in [0.1, 0.15) is 10.0 Å². The van der Waals surface area contributed by atoms with Crippen molar-refractivity contribution in [2.24, 2.45) is 0 Å². The summed E-state index contributed by atoms with van der Waals surface area (Å²) in [6, 6.07) is 8.81. The van der Waals surface area contributed by atoms with Crippen molar-refractivity contribution in [2.45, 2.75) is 49.0 Å². The molecule has 2 heterocycles. The molecular weight excluding hydrogens is 481 g/mol. The summed E-state index contributed by atoms with van der Waals surface area (Å²) in [5.74, 6) is -1.85. The van der Waals surface area contributed by atoms with Crippen LogP contribution in [0.4, 0.5) is 4.39 Å². The van der Waals surface area contributed by atoms with E-state index in [4.69, 9.17) is 5.11 Å². The zero-order chi connectivity index (χ0) is 25.0. The second-order valence-electron chi connectivity index (χ2n) is 8.15. The van der Waals surface area contributed by atoms with E-state index >= 15 is 0 Å². The number of carbonyl (C=O) groups is 1. The summed E-state index contributed by atoms with van der Waals surface area (Å²) >= 11 is 1.10. The van der Waals surface area contributed by atoms with Gasteiger partial charge in [-0.25, -0.2) is 8.36 Å². The van der Waals surface area contributed by atoms with Crippen molar-refractivity contribution in [3.8, 4) is 11.1 Å². The van der Waals surface area contributed by atoms with Crippen LogP contribution >= 0.6 is 11.3 Å². The fourth-order valence-corrected chi connectivity index (χ4v) is 6.27. The molecule has 3 aromatic rings. The highest BCUT2D eigenvalue weighted by Crippen LogP contribution is 2.36. The summed E-state index contributed by atoms with van der Waals surface area (Å²) in [6.07, 6.45) is 1.35. The van der Waals surface area contributed by atoms with Gasteiger partial charge in [0.05, 0.1) is 18.6 Å². The topological polar surface area (TPSA) is 117 Å². The van der Waals surface area contributed by atoms with E-state index in [0.29, 0.717) is 22.4 Å². The van der Waals surface area contributed by atoms with Gasteiger partial charge in [-0.1, -0.05) is 44.2 Å². The molecular formula is C24H26FNO6S2. The molecule has 3 rings (SSSR count). The quantitative estimate of drug-likeness (QED) is 0.376. The molecule has 0 amide bonds. The number of nitrogens with zero attached hydrogens (tertiary/aromatic N) is 1. The molecule has 0 saturated carbocycles. The highest BCUT2D eigenvalue weighted by Gasteiger charge is 2.27. The maximum atomic E-state index is 13.5. The molecule has 0 spiro atoms. The number of rotatable bonds is 10. The van der Waals surface area contributed by atoms with Crippen molar-refractivity contribution in [1.29, 1.82) is 0 Å². The lowest BCUT2D eigenvalue weighted by molar-refractivity contribution is -0.139. The summed E-state index contributed by atoms with van der Waals surface area (Å²) in [5.41, 5.74) is 2.11. The predicted octanol–water partition coefficient (Wildman–Crippen LogP) is 4.32. The van der Waals surface area contributed by atoms with Crippen molar-refractivity contribution in [1.82, 2.24) is 3.97 Å². The Bertz CT molecular complexity index is 1260. The van der Waals surface area contributed by atoms with Gasteiger partial charge in [-0.15, -0.1) is 11.3 Å². The average Bonchev–Trinajstić information content (AvgIpc) is 3.41. The SMILES string of the molecule is CC(C)c1c(/C=C/[C@@H](O)C[C@@H](O)CC(=O)O)c(-c2ccc(F)cc2)cn1S(=O)(=O)c1cccs1. The molecule has 1 aromatic carbocycles. The lowest BCUT2D eigenvalue weighted by atomic mass is 9.97. The minimum Gasteiger partial charge on any atom is -0.481 e. The zero-order valence-corrected chi connectivity index (χ0v) is 20.3. The number of hydrogen-bond acceptors (Lipinski definition) is 6. The second-order valence-corrected chi connectivity index (χ2v) is 11.1. The van der Waals surface area contributed by atoms with Crippen LogP contribution < -0.4 is 0 Å². The summed E-state index contributed by atoms with van der Waals surface area (Å²) < 4.78 is 41.7. The lowest BCUT2D eigenvalue weighted by Gasteiger charge is -2.14. The highest BCUT2D eigenvalue weighted by atomic mass is 32.2. The van der Waals surface area contributed by atoms with Gasteiger partial charge < -0.3 is 15.3 Å². The largest absolute Gasteiger partial charge is 0.481 e. The Morgan fingerprint density at radius 1 is 1.18 bits per heavy atom. The fourth-order valence-electron chi connectivity index (χ4n) is 3.67. The summed E-state index contributed by atoms with van der Waals surface area (Å²) in [4.78, 5) is 10.8. The number of benzene rings is 1. The van der Waals surface area contributed by atoms with E-state index in [-0.39, 0.29) is 16.5 Å². The average molecular weight is 508 g/mol. The first-order valence-electron chi connectivity index (χ1n) is 10.6. The normalized spacial score (nSPS) is 14.1. The number of hydrogen-bond donors (Lipinski definition) is 3. The minimum atomic E-state index is -3.90. The molecule has 0 aliphatic rings. The third-order valence-corrected chi connectivity index (χ3v) is 8.22. The molecule has 3 N–H and O–H groups in total. The highest BCUT2D eigenvalue weighted by molar-refractivity contribution is 7.92. The number of carboxylic acid groups (broad SMARTS) is 1. The number of thiophene rings is 1. The van der Waals surface area contributed by atoms with Gasteiger partial charge in [-0.2, -0.15) is 8.42 Å². The molecule has 182 valence electrons. The van der Waals surface area contributed by atoms with Crippen molar-refractivity contribution >= 4 is 33.4 Å². The third kappa shape index (κ3) is 5.82. The molecule has 0 bridgehead atoms. The zero-order valence-electron chi connectivity index (χ0n) is 18.6. The first-order valence-corrected chi connectivity index (χ1v) is 12.9. The van der Waals surface area contributed by atoms with Gasteiger partial charge in [0.2, 0.25) is 0 Å². The molecule has 2 atom stereocenters. The molecule has 34 heavy (non-hydrogen) atoms. The molecule has 0 aliphatic carbocycles. The van der Waals surface area contributed by atoms with Crippen LogP contribution in [0.3, 0.4) is 0 Å². The van der Waals surface area contributed by atoms with Gasteiger partial charge in [0.25, 0.3) is 10.0 Å². The molecule has 0 aliphatic heterocycles. The number of aromatic nitrogens is 1. The Morgan fingerprint density at radius 3 is 2.41 bits per heavy atom. The van der Waals surface area contributed by atoms with Crippen LogP contribution in [0.15, 0.2) is 58.3 Å². The van der Waals surface area contributed by atoms with Crippen LogP contribution in [0, 0.1) is 5.82 Å². The fraction of sp³-hybridized carbons (Fsp3) is 0.292. The molecule has 0 unspecified atom stereocenters. The Morgan fingerprint density at radius 2 is 1.85 bits per heavy atom. The molecule has 0 fully saturated rings. The number of carboxylic acids is 1. The maximum absolute atomic E-state index is 13.5. The molecule has 0 saturated heterocycles. The molecule has 0 radical (unpaired) electrons. The van der Waals surface area contributed by atoms with E-state index in [0.717, 1.165) is 11.3 Å². The van der Waals surface area contributed by atoms with Crippen molar-refractivity contribution in [3.05, 3.63) is 71.1 Å². The van der Waals surface area contributed by atoms with Gasteiger partial charge in [-0.3, -0.25) is 4.79 Å². The molecule has 7 nitrogen and oxygen atoms in total. The third-order valence-electron chi connectivity index (χ3n) is 5.17. The van der Waals surface area contributed by atoms with Crippen LogP contribution in [0.2, 0.25) is 0 Å². The van der Waals surface area contributed by atoms with Crippen LogP contribution in [0.5, 0.6) is 0 Å². The monoisotopic (exact) mass is 507 g/mol. The summed E-state index contributed by atoms with van der Waals surface area (Å²) in [6.45, 7) is 3.68. The number of aliphatic hydroxyl groups is 2. The van der Waals surface area contributed by atoms with Crippen molar-refractivity contribution in [3.63, 3.8) is 0 Å². The van der Waals surface area contributed by atoms with Crippen LogP contribution in [-0.4, -0.2) is 45.9 Å². The van der Waals surface area contributed by atoms with E-state index in [1.165, 1.54) is 34.4 Å². The Labute approximate surface area is 201 Å². The predicted molar refractivity (Wildman–Crippen MR) is 129 cm³/mol. The maximum Gasteiger partial charge on any atom is 0.305 e. The number of aliphatic hydroxyl groups excluding tert-OH is 2. The van der Waals surface area contributed by atoms with E-state index < -0.39 is 40.4 Å². The van der Waals surface area contributed by atoms with E-state index in [9.17, 15) is 27.8 Å². The Balaban J connectivity index is 2.13. The van der Waals surface area contributed by atoms with Crippen molar-refractivity contribution in [2.75, 3.05) is 0 Å². The smallest absolute Gasteiger partial charge is 0.305 e. The lowest BCUT2D eigenvalue weighted by Crippen LogP contribution is -2.19. The minimum absolute atomic E-state index is 0.169. The van der Waals surface area contributed by atoms with Crippen molar-refractivity contribution < 1.29 is 32.9 Å². The summed E-state index contributed by atoms with van der Waals surface area (Å²) in [5, 5.41) is 30.6. The first kappa shape index (κ1) is 25.8. The van der Waals surface area contributed by atoms with Gasteiger partial charge in [-0.05, 0) is 35.1 Å². The number of halogens is 1. The van der Waals surface area contributed by atoms with E-state index in [1.807, 2.05) is 13.8 Å².